The van der Waals surface area contributed by atoms with Crippen LogP contribution in [-0.4, -0.2) is 18.0 Å². The molecule has 0 bridgehead atoms. The van der Waals surface area contributed by atoms with E-state index in [0.29, 0.717) is 6.54 Å². The predicted molar refractivity (Wildman–Crippen MR) is 93.0 cm³/mol. The second-order valence-corrected chi connectivity index (χ2v) is 5.99. The topological polar surface area (TPSA) is 58.4 Å². The molecule has 0 atom stereocenters. The van der Waals surface area contributed by atoms with Gasteiger partial charge in [-0.1, -0.05) is 23.8 Å². The molecule has 0 amide bonds. The first-order valence-corrected chi connectivity index (χ1v) is 7.96. The summed E-state index contributed by atoms with van der Waals surface area (Å²) < 4.78 is 0. The summed E-state index contributed by atoms with van der Waals surface area (Å²) in [7, 11) is 0. The molecule has 0 aromatic heterocycles. The zero-order valence-corrected chi connectivity index (χ0v) is 13.3. The Hall–Kier alpha value is -2.56. The standard InChI is InChI=1S/C18H21N3O2/c1-14-4-7-16(8-5-14)19-13-15-6-9-17(18(12-15)21(22)23)20-10-2-3-11-20/h4-9,12,19H,2-3,10-11,13H2,1H3. The Bertz CT molecular complexity index is 692. The first-order valence-electron chi connectivity index (χ1n) is 7.96. The Labute approximate surface area is 136 Å². The molecule has 0 saturated carbocycles. The predicted octanol–water partition coefficient (Wildman–Crippen LogP) is 4.12. The summed E-state index contributed by atoms with van der Waals surface area (Å²) in [5.74, 6) is 0. The zero-order valence-electron chi connectivity index (χ0n) is 13.3. The van der Waals surface area contributed by atoms with E-state index in [2.05, 4.69) is 10.2 Å². The van der Waals surface area contributed by atoms with Gasteiger partial charge in [0.2, 0.25) is 0 Å². The monoisotopic (exact) mass is 311 g/mol. The quantitative estimate of drug-likeness (QED) is 0.666. The molecule has 1 heterocycles. The van der Waals surface area contributed by atoms with Gasteiger partial charge in [-0.05, 0) is 43.5 Å². The molecule has 0 unspecified atom stereocenters. The molecule has 3 rings (SSSR count). The maximum atomic E-state index is 11.4. The van der Waals surface area contributed by atoms with Gasteiger partial charge in [-0.2, -0.15) is 0 Å². The number of anilines is 2. The van der Waals surface area contributed by atoms with Crippen LogP contribution >= 0.6 is 0 Å². The van der Waals surface area contributed by atoms with Gasteiger partial charge >= 0.3 is 0 Å². The van der Waals surface area contributed by atoms with Gasteiger partial charge in [0.05, 0.1) is 4.92 Å². The summed E-state index contributed by atoms with van der Waals surface area (Å²) in [6.45, 7) is 4.43. The lowest BCUT2D eigenvalue weighted by atomic mass is 10.1. The molecule has 0 radical (unpaired) electrons. The summed E-state index contributed by atoms with van der Waals surface area (Å²) >= 11 is 0. The number of aryl methyl sites for hydroxylation is 1. The van der Waals surface area contributed by atoms with Gasteiger partial charge < -0.3 is 10.2 Å². The van der Waals surface area contributed by atoms with E-state index >= 15 is 0 Å². The first kappa shape index (κ1) is 15.3. The summed E-state index contributed by atoms with van der Waals surface area (Å²) in [6, 6.07) is 13.7. The van der Waals surface area contributed by atoms with Crippen molar-refractivity contribution in [3.05, 3.63) is 63.7 Å². The summed E-state index contributed by atoms with van der Waals surface area (Å²) in [4.78, 5) is 13.2. The normalized spacial score (nSPS) is 14.0. The van der Waals surface area contributed by atoms with Crippen molar-refractivity contribution in [2.24, 2.45) is 0 Å². The summed E-state index contributed by atoms with van der Waals surface area (Å²) in [6.07, 6.45) is 2.21. The fourth-order valence-electron chi connectivity index (χ4n) is 2.93. The van der Waals surface area contributed by atoms with Crippen LogP contribution in [0.1, 0.15) is 24.0 Å². The Balaban J connectivity index is 1.76. The van der Waals surface area contributed by atoms with Crippen molar-refractivity contribution in [1.29, 1.82) is 0 Å². The number of nitro groups is 1. The molecular weight excluding hydrogens is 290 g/mol. The van der Waals surface area contributed by atoms with E-state index < -0.39 is 0 Å². The van der Waals surface area contributed by atoms with Crippen LogP contribution in [0.3, 0.4) is 0 Å². The van der Waals surface area contributed by atoms with Crippen molar-refractivity contribution in [2.75, 3.05) is 23.3 Å². The van der Waals surface area contributed by atoms with Crippen molar-refractivity contribution in [1.82, 2.24) is 0 Å². The Morgan fingerprint density at radius 3 is 2.48 bits per heavy atom. The molecule has 1 saturated heterocycles. The molecule has 5 heteroatoms. The SMILES string of the molecule is Cc1ccc(NCc2ccc(N3CCCC3)c([N+](=O)[O-])c2)cc1. The van der Waals surface area contributed by atoms with E-state index in [0.717, 1.165) is 42.9 Å². The third kappa shape index (κ3) is 3.62. The van der Waals surface area contributed by atoms with Crippen LogP contribution in [0, 0.1) is 17.0 Å². The van der Waals surface area contributed by atoms with E-state index in [9.17, 15) is 10.1 Å². The zero-order chi connectivity index (χ0) is 16.2. The van der Waals surface area contributed by atoms with Gasteiger partial charge in [-0.15, -0.1) is 0 Å². The van der Waals surface area contributed by atoms with E-state index in [1.807, 2.05) is 43.3 Å². The first-order chi connectivity index (χ1) is 11.1. The van der Waals surface area contributed by atoms with E-state index in [-0.39, 0.29) is 10.6 Å². The number of hydrogen-bond donors (Lipinski definition) is 1. The van der Waals surface area contributed by atoms with Gasteiger partial charge in [0.1, 0.15) is 5.69 Å². The lowest BCUT2D eigenvalue weighted by Gasteiger charge is -2.18. The van der Waals surface area contributed by atoms with Crippen molar-refractivity contribution < 1.29 is 4.92 Å². The highest BCUT2D eigenvalue weighted by molar-refractivity contribution is 5.65. The average Bonchev–Trinajstić information content (AvgIpc) is 3.08. The smallest absolute Gasteiger partial charge is 0.292 e. The summed E-state index contributed by atoms with van der Waals surface area (Å²) in [5.41, 5.74) is 4.09. The third-order valence-corrected chi connectivity index (χ3v) is 4.23. The highest BCUT2D eigenvalue weighted by Gasteiger charge is 2.22. The van der Waals surface area contributed by atoms with Crippen LogP contribution in [0.2, 0.25) is 0 Å². The number of nitrogens with zero attached hydrogens (tertiary/aromatic N) is 2. The molecule has 2 aromatic rings. The third-order valence-electron chi connectivity index (χ3n) is 4.23. The highest BCUT2D eigenvalue weighted by atomic mass is 16.6. The van der Waals surface area contributed by atoms with E-state index in [4.69, 9.17) is 0 Å². The second-order valence-electron chi connectivity index (χ2n) is 5.99. The van der Waals surface area contributed by atoms with Crippen molar-refractivity contribution in [2.45, 2.75) is 26.3 Å². The fraction of sp³-hybridized carbons (Fsp3) is 0.333. The minimum Gasteiger partial charge on any atom is -0.381 e. The Kier molecular flexibility index (Phi) is 4.46. The van der Waals surface area contributed by atoms with Gasteiger partial charge in [-0.25, -0.2) is 0 Å². The highest BCUT2D eigenvalue weighted by Crippen LogP contribution is 2.31. The van der Waals surface area contributed by atoms with Crippen molar-refractivity contribution >= 4 is 17.1 Å². The van der Waals surface area contributed by atoms with Crippen LogP contribution < -0.4 is 10.2 Å². The van der Waals surface area contributed by atoms with Crippen LogP contribution in [0.5, 0.6) is 0 Å². The molecular formula is C18H21N3O2. The maximum Gasteiger partial charge on any atom is 0.292 e. The molecule has 2 aromatic carbocycles. The van der Waals surface area contributed by atoms with Gasteiger partial charge in [0, 0.05) is 31.4 Å². The summed E-state index contributed by atoms with van der Waals surface area (Å²) in [5, 5.41) is 14.7. The lowest BCUT2D eigenvalue weighted by molar-refractivity contribution is -0.384. The number of nitrogens with one attached hydrogen (secondary N) is 1. The number of nitro benzene ring substituents is 1. The number of rotatable bonds is 5. The second kappa shape index (κ2) is 6.69. The molecule has 1 aliphatic rings. The number of hydrogen-bond acceptors (Lipinski definition) is 4. The maximum absolute atomic E-state index is 11.4. The van der Waals surface area contributed by atoms with Gasteiger partial charge in [0.15, 0.2) is 0 Å². The van der Waals surface area contributed by atoms with Crippen molar-refractivity contribution in [3.63, 3.8) is 0 Å². The number of benzene rings is 2. The molecule has 120 valence electrons. The van der Waals surface area contributed by atoms with E-state index in [1.165, 1.54) is 5.56 Å². The average molecular weight is 311 g/mol. The van der Waals surface area contributed by atoms with E-state index in [1.54, 1.807) is 6.07 Å². The lowest BCUT2D eigenvalue weighted by Crippen LogP contribution is -2.19. The molecule has 5 nitrogen and oxygen atoms in total. The Morgan fingerprint density at radius 1 is 1.13 bits per heavy atom. The molecule has 0 spiro atoms. The molecule has 23 heavy (non-hydrogen) atoms. The molecule has 1 N–H and O–H groups in total. The van der Waals surface area contributed by atoms with Gasteiger partial charge in [-0.3, -0.25) is 10.1 Å². The van der Waals surface area contributed by atoms with Crippen LogP contribution in [0.25, 0.3) is 0 Å². The van der Waals surface area contributed by atoms with Crippen LogP contribution in [-0.2, 0) is 6.54 Å². The Morgan fingerprint density at radius 2 is 1.83 bits per heavy atom. The molecule has 0 aliphatic carbocycles. The van der Waals surface area contributed by atoms with Gasteiger partial charge in [0.25, 0.3) is 5.69 Å². The molecule has 1 fully saturated rings. The largest absolute Gasteiger partial charge is 0.381 e. The fourth-order valence-corrected chi connectivity index (χ4v) is 2.93. The minimum absolute atomic E-state index is 0.204. The van der Waals surface area contributed by atoms with Crippen molar-refractivity contribution in [3.8, 4) is 0 Å². The minimum atomic E-state index is -0.275. The molecule has 1 aliphatic heterocycles. The van der Waals surface area contributed by atoms with Crippen LogP contribution in [0.15, 0.2) is 42.5 Å². The van der Waals surface area contributed by atoms with Crippen LogP contribution in [0.4, 0.5) is 17.1 Å².